The number of piperidine rings is 1. The molecule has 2 amide bonds. The number of nitrogens with zero attached hydrogens (tertiary/aromatic N) is 1. The Morgan fingerprint density at radius 3 is 2.58 bits per heavy atom. The van der Waals surface area contributed by atoms with E-state index in [1.165, 1.54) is 0 Å². The third kappa shape index (κ3) is 3.07. The molecule has 0 aliphatic carbocycles. The lowest BCUT2D eigenvalue weighted by Gasteiger charge is -2.34. The summed E-state index contributed by atoms with van der Waals surface area (Å²) in [5.41, 5.74) is 0.570. The smallest absolute Gasteiger partial charge is 0.254 e. The van der Waals surface area contributed by atoms with Gasteiger partial charge in [-0.05, 0) is 43.5 Å². The Bertz CT molecular complexity index is 473. The molecule has 1 saturated heterocycles. The van der Waals surface area contributed by atoms with Crippen LogP contribution < -0.4 is 5.32 Å². The average molecular weight is 281 g/mol. The summed E-state index contributed by atoms with van der Waals surface area (Å²) < 4.78 is 0. The van der Waals surface area contributed by atoms with Gasteiger partial charge in [-0.1, -0.05) is 11.6 Å². The van der Waals surface area contributed by atoms with Crippen molar-refractivity contribution in [3.8, 4) is 0 Å². The summed E-state index contributed by atoms with van der Waals surface area (Å²) in [5.74, 6) is -0.202. The number of hydrogen-bond donors (Lipinski definition) is 1. The van der Waals surface area contributed by atoms with Crippen LogP contribution in [-0.4, -0.2) is 36.3 Å². The van der Waals surface area contributed by atoms with Gasteiger partial charge in [0.15, 0.2) is 0 Å². The minimum absolute atomic E-state index is 0.0954. The Kier molecular flexibility index (Phi) is 4.43. The van der Waals surface area contributed by atoms with Crippen molar-refractivity contribution in [1.82, 2.24) is 10.2 Å². The Labute approximate surface area is 117 Å². The van der Waals surface area contributed by atoms with Crippen molar-refractivity contribution in [3.05, 3.63) is 34.9 Å². The molecule has 1 aliphatic rings. The lowest BCUT2D eigenvalue weighted by molar-refractivity contribution is -0.126. The predicted molar refractivity (Wildman–Crippen MR) is 74.2 cm³/mol. The van der Waals surface area contributed by atoms with Crippen molar-refractivity contribution in [1.29, 1.82) is 0 Å². The first kappa shape index (κ1) is 13.9. The number of likely N-dealkylation sites (N-methyl/N-ethyl adjacent to an activating group) is 1. The van der Waals surface area contributed by atoms with Crippen molar-refractivity contribution < 1.29 is 9.59 Å². The standard InChI is InChI=1S/C14H17ClN2O2/c1-16-13(18)12-4-2-3-9-17(12)14(19)10-5-7-11(15)8-6-10/h5-8,12H,2-4,9H2,1H3,(H,16,18). The maximum absolute atomic E-state index is 12.4. The highest BCUT2D eigenvalue weighted by Gasteiger charge is 2.31. The van der Waals surface area contributed by atoms with Gasteiger partial charge in [-0.15, -0.1) is 0 Å². The first-order chi connectivity index (χ1) is 9.13. The van der Waals surface area contributed by atoms with Gasteiger partial charge in [-0.3, -0.25) is 9.59 Å². The second-order valence-corrected chi connectivity index (χ2v) is 5.07. The Morgan fingerprint density at radius 1 is 1.26 bits per heavy atom. The van der Waals surface area contributed by atoms with Crippen LogP contribution >= 0.6 is 11.6 Å². The van der Waals surface area contributed by atoms with Crippen LogP contribution in [0.4, 0.5) is 0 Å². The maximum atomic E-state index is 12.4. The quantitative estimate of drug-likeness (QED) is 0.902. The van der Waals surface area contributed by atoms with Gasteiger partial charge < -0.3 is 10.2 Å². The summed E-state index contributed by atoms with van der Waals surface area (Å²) in [6.45, 7) is 0.625. The van der Waals surface area contributed by atoms with Gasteiger partial charge in [0, 0.05) is 24.2 Å². The van der Waals surface area contributed by atoms with E-state index in [0.29, 0.717) is 17.1 Å². The molecule has 1 atom stereocenters. The predicted octanol–water partition coefficient (Wildman–Crippen LogP) is 2.08. The second-order valence-electron chi connectivity index (χ2n) is 4.63. The minimum atomic E-state index is -0.359. The van der Waals surface area contributed by atoms with Crippen molar-refractivity contribution in [2.45, 2.75) is 25.3 Å². The van der Waals surface area contributed by atoms with Gasteiger partial charge in [-0.25, -0.2) is 0 Å². The number of carbonyl (C=O) groups is 2. The monoisotopic (exact) mass is 280 g/mol. The molecule has 1 aromatic carbocycles. The van der Waals surface area contributed by atoms with Crippen molar-refractivity contribution in [2.24, 2.45) is 0 Å². The molecule has 1 aliphatic heterocycles. The Balaban J connectivity index is 2.20. The van der Waals surface area contributed by atoms with E-state index in [2.05, 4.69) is 5.32 Å². The summed E-state index contributed by atoms with van der Waals surface area (Å²) in [7, 11) is 1.60. The van der Waals surface area contributed by atoms with Gasteiger partial charge in [0.2, 0.25) is 5.91 Å². The zero-order valence-electron chi connectivity index (χ0n) is 10.9. The molecule has 1 N–H and O–H groups in total. The SMILES string of the molecule is CNC(=O)C1CCCCN1C(=O)c1ccc(Cl)cc1. The van der Waals surface area contributed by atoms with E-state index in [1.54, 1.807) is 36.2 Å². The number of nitrogens with one attached hydrogen (secondary N) is 1. The molecule has 19 heavy (non-hydrogen) atoms. The van der Waals surface area contributed by atoms with Gasteiger partial charge >= 0.3 is 0 Å². The van der Waals surface area contributed by atoms with Gasteiger partial charge in [0.05, 0.1) is 0 Å². The fourth-order valence-corrected chi connectivity index (χ4v) is 2.50. The van der Waals surface area contributed by atoms with Crippen LogP contribution in [-0.2, 0) is 4.79 Å². The molecule has 1 unspecified atom stereocenters. The molecule has 102 valence electrons. The van der Waals surface area contributed by atoms with Gasteiger partial charge in [0.25, 0.3) is 5.91 Å². The van der Waals surface area contributed by atoms with Crippen LogP contribution in [0.15, 0.2) is 24.3 Å². The summed E-state index contributed by atoms with van der Waals surface area (Å²) in [6.07, 6.45) is 2.63. The van der Waals surface area contributed by atoms with E-state index in [-0.39, 0.29) is 17.9 Å². The number of halogens is 1. The minimum Gasteiger partial charge on any atom is -0.357 e. The summed E-state index contributed by atoms with van der Waals surface area (Å²) in [4.78, 5) is 25.9. The number of carbonyl (C=O) groups excluding carboxylic acids is 2. The highest BCUT2D eigenvalue weighted by atomic mass is 35.5. The number of likely N-dealkylation sites (tertiary alicyclic amines) is 1. The summed E-state index contributed by atoms with van der Waals surface area (Å²) >= 11 is 5.81. The number of rotatable bonds is 2. The van der Waals surface area contributed by atoms with Crippen molar-refractivity contribution >= 4 is 23.4 Å². The fraction of sp³-hybridized carbons (Fsp3) is 0.429. The zero-order valence-corrected chi connectivity index (χ0v) is 11.6. The molecule has 5 heteroatoms. The van der Waals surface area contributed by atoms with Gasteiger partial charge in [0.1, 0.15) is 6.04 Å². The molecule has 4 nitrogen and oxygen atoms in total. The third-order valence-electron chi connectivity index (χ3n) is 3.40. The Morgan fingerprint density at radius 2 is 1.95 bits per heavy atom. The molecule has 0 bridgehead atoms. The third-order valence-corrected chi connectivity index (χ3v) is 3.66. The molecule has 1 aromatic rings. The van der Waals surface area contributed by atoms with Crippen LogP contribution in [0, 0.1) is 0 Å². The number of hydrogen-bond acceptors (Lipinski definition) is 2. The van der Waals surface area contributed by atoms with E-state index in [0.717, 1.165) is 19.3 Å². The molecule has 0 radical (unpaired) electrons. The van der Waals surface area contributed by atoms with Crippen LogP contribution in [0.3, 0.4) is 0 Å². The normalized spacial score (nSPS) is 19.1. The van der Waals surface area contributed by atoms with E-state index < -0.39 is 0 Å². The molecule has 0 spiro atoms. The van der Waals surface area contributed by atoms with Gasteiger partial charge in [-0.2, -0.15) is 0 Å². The molecular weight excluding hydrogens is 264 g/mol. The highest BCUT2D eigenvalue weighted by molar-refractivity contribution is 6.30. The first-order valence-electron chi connectivity index (χ1n) is 6.41. The molecule has 0 saturated carbocycles. The van der Waals surface area contributed by atoms with E-state index in [9.17, 15) is 9.59 Å². The maximum Gasteiger partial charge on any atom is 0.254 e. The molecule has 2 rings (SSSR count). The molecule has 1 fully saturated rings. The summed E-state index contributed by atoms with van der Waals surface area (Å²) in [6, 6.07) is 6.41. The van der Waals surface area contributed by atoms with Crippen molar-refractivity contribution in [3.63, 3.8) is 0 Å². The van der Waals surface area contributed by atoms with Crippen LogP contribution in [0.2, 0.25) is 5.02 Å². The van der Waals surface area contributed by atoms with Crippen LogP contribution in [0.25, 0.3) is 0 Å². The highest BCUT2D eigenvalue weighted by Crippen LogP contribution is 2.20. The lowest BCUT2D eigenvalue weighted by Crippen LogP contribution is -2.51. The topological polar surface area (TPSA) is 49.4 Å². The second kappa shape index (κ2) is 6.06. The Hall–Kier alpha value is -1.55. The van der Waals surface area contributed by atoms with E-state index in [1.807, 2.05) is 0 Å². The van der Waals surface area contributed by atoms with Crippen LogP contribution in [0.5, 0.6) is 0 Å². The average Bonchev–Trinajstić information content (AvgIpc) is 2.46. The zero-order chi connectivity index (χ0) is 13.8. The molecule has 1 heterocycles. The summed E-state index contributed by atoms with van der Waals surface area (Å²) in [5, 5.41) is 3.22. The number of benzene rings is 1. The van der Waals surface area contributed by atoms with Crippen LogP contribution in [0.1, 0.15) is 29.6 Å². The first-order valence-corrected chi connectivity index (χ1v) is 6.79. The molecular formula is C14H17ClN2O2. The van der Waals surface area contributed by atoms with Crippen molar-refractivity contribution in [2.75, 3.05) is 13.6 Å². The molecule has 0 aromatic heterocycles. The number of amides is 2. The largest absolute Gasteiger partial charge is 0.357 e. The lowest BCUT2D eigenvalue weighted by atomic mass is 10.00. The van der Waals surface area contributed by atoms with E-state index in [4.69, 9.17) is 11.6 Å². The van der Waals surface area contributed by atoms with E-state index >= 15 is 0 Å². The fourth-order valence-electron chi connectivity index (χ4n) is 2.37.